The Hall–Kier alpha value is -0.970. The molecule has 5 aliphatic heterocycles. The van der Waals surface area contributed by atoms with E-state index in [-0.39, 0.29) is 16.7 Å². The van der Waals surface area contributed by atoms with Crippen molar-refractivity contribution in [1.82, 2.24) is 9.80 Å². The zero-order valence-electron chi connectivity index (χ0n) is 20.3. The van der Waals surface area contributed by atoms with Gasteiger partial charge in [-0.2, -0.15) is 0 Å². The number of carbonyl (C=O) groups is 1. The average Bonchev–Trinajstić information content (AvgIpc) is 3.15. The molecule has 4 heteroatoms. The van der Waals surface area contributed by atoms with E-state index < -0.39 is 0 Å². The van der Waals surface area contributed by atoms with Gasteiger partial charge in [0, 0.05) is 31.3 Å². The highest BCUT2D eigenvalue weighted by molar-refractivity contribution is 5.78. The Labute approximate surface area is 194 Å². The maximum atomic E-state index is 12.5. The highest BCUT2D eigenvalue weighted by atomic mass is 16.6. The molecule has 5 heterocycles. The van der Waals surface area contributed by atoms with Gasteiger partial charge < -0.3 is 9.64 Å². The first-order chi connectivity index (χ1) is 15.5. The predicted octanol–water partition coefficient (Wildman–Crippen LogP) is 5.09. The number of hydrogen-bond donors (Lipinski definition) is 0. The lowest BCUT2D eigenvalue weighted by atomic mass is 9.52. The molecular formula is C28H42N2O2. The number of Topliss-reactive ketones (excluding diaryl/α,β-unsaturated/α-hetero) is 1. The van der Waals surface area contributed by atoms with Crippen LogP contribution in [-0.2, 0) is 9.53 Å². The molecule has 1 aliphatic carbocycles. The summed E-state index contributed by atoms with van der Waals surface area (Å²) in [5.41, 5.74) is 1.57. The van der Waals surface area contributed by atoms with Crippen LogP contribution in [0.1, 0.15) is 84.5 Å². The normalized spacial score (nSPS) is 47.7. The van der Waals surface area contributed by atoms with E-state index in [0.717, 1.165) is 45.1 Å². The molecule has 0 amide bonds. The van der Waals surface area contributed by atoms with Crippen LogP contribution in [0, 0.1) is 17.3 Å². The number of fused-ring (bicyclic) bond motifs is 1. The Morgan fingerprint density at radius 3 is 2.78 bits per heavy atom. The van der Waals surface area contributed by atoms with Gasteiger partial charge in [-0.15, -0.1) is 0 Å². The van der Waals surface area contributed by atoms with Gasteiger partial charge >= 0.3 is 0 Å². The van der Waals surface area contributed by atoms with Gasteiger partial charge in [0.15, 0.2) is 0 Å². The van der Waals surface area contributed by atoms with E-state index in [1.165, 1.54) is 45.3 Å². The summed E-state index contributed by atoms with van der Waals surface area (Å²) in [6.45, 7) is 9.57. The third-order valence-electron chi connectivity index (χ3n) is 9.87. The second kappa shape index (κ2) is 7.78. The maximum absolute atomic E-state index is 12.5. The van der Waals surface area contributed by atoms with Crippen molar-refractivity contribution in [2.45, 2.75) is 102 Å². The van der Waals surface area contributed by atoms with Gasteiger partial charge in [0.1, 0.15) is 17.1 Å². The Morgan fingerprint density at radius 1 is 1.03 bits per heavy atom. The van der Waals surface area contributed by atoms with Crippen molar-refractivity contribution in [2.75, 3.05) is 26.2 Å². The number of allylic oxidation sites excluding steroid dienone is 3. The zero-order chi connectivity index (χ0) is 22.0. The minimum atomic E-state index is -0.217. The predicted molar refractivity (Wildman–Crippen MR) is 127 cm³/mol. The van der Waals surface area contributed by atoms with Crippen LogP contribution < -0.4 is 0 Å². The Kier molecular flexibility index (Phi) is 5.24. The van der Waals surface area contributed by atoms with Crippen LogP contribution in [0.4, 0.5) is 0 Å². The number of piperidine rings is 1. The molecule has 4 saturated heterocycles. The monoisotopic (exact) mass is 438 g/mol. The van der Waals surface area contributed by atoms with Crippen LogP contribution in [-0.4, -0.2) is 59.1 Å². The van der Waals surface area contributed by atoms with Crippen molar-refractivity contribution >= 4 is 5.78 Å². The lowest BCUT2D eigenvalue weighted by molar-refractivity contribution is -0.185. The highest BCUT2D eigenvalue weighted by Gasteiger charge is 2.76. The minimum absolute atomic E-state index is 0.177. The van der Waals surface area contributed by atoms with E-state index in [1.807, 2.05) is 0 Å². The van der Waals surface area contributed by atoms with E-state index in [1.54, 1.807) is 5.57 Å². The largest absolute Gasteiger partial charge is 0.348 e. The average molecular weight is 439 g/mol. The quantitative estimate of drug-likeness (QED) is 0.534. The van der Waals surface area contributed by atoms with Crippen molar-refractivity contribution in [3.05, 3.63) is 23.8 Å². The fourth-order valence-electron chi connectivity index (χ4n) is 8.85. The summed E-state index contributed by atoms with van der Waals surface area (Å²) >= 11 is 0. The molecule has 4 fully saturated rings. The van der Waals surface area contributed by atoms with E-state index in [2.05, 4.69) is 41.9 Å². The standard InChI is InChI=1S/C28H42N2O2/c1-21(2)23-18-27-13-7-5-3-4-6-8-15-29-17-12-24(23)26(20-29)19-28(32-27)14-11-22(31)10-9-16-30(28)25(26)27/h3,5,18,21,24-25H,4,6-17,19-20H2,1-2H3/b5-3-/t24-,25?,26-,27-,28?/m1/s1. The number of ether oxygens (including phenoxy) is 1. The molecule has 3 unspecified atom stereocenters. The fraction of sp³-hybridized carbons (Fsp3) is 0.821. The van der Waals surface area contributed by atoms with Crippen molar-refractivity contribution in [2.24, 2.45) is 17.3 Å². The lowest BCUT2D eigenvalue weighted by Crippen LogP contribution is -2.65. The molecule has 6 aliphatic rings. The maximum Gasteiger partial charge on any atom is 0.133 e. The molecule has 5 bridgehead atoms. The molecule has 0 aromatic heterocycles. The van der Waals surface area contributed by atoms with E-state index in [4.69, 9.17) is 4.74 Å². The zero-order valence-corrected chi connectivity index (χ0v) is 20.3. The molecule has 0 aromatic carbocycles. The van der Waals surface area contributed by atoms with Crippen LogP contribution >= 0.6 is 0 Å². The van der Waals surface area contributed by atoms with Gasteiger partial charge in [-0.3, -0.25) is 9.69 Å². The number of rotatable bonds is 1. The Bertz CT molecular complexity index is 833. The highest BCUT2D eigenvalue weighted by Crippen LogP contribution is 2.70. The summed E-state index contributed by atoms with van der Waals surface area (Å²) in [5, 5.41) is 0. The minimum Gasteiger partial charge on any atom is -0.348 e. The van der Waals surface area contributed by atoms with Crippen LogP contribution in [0.3, 0.4) is 0 Å². The first-order valence-electron chi connectivity index (χ1n) is 13.6. The van der Waals surface area contributed by atoms with Crippen LogP contribution in [0.2, 0.25) is 0 Å². The molecule has 32 heavy (non-hydrogen) atoms. The summed E-state index contributed by atoms with van der Waals surface area (Å²) in [6.07, 6.45) is 19.3. The topological polar surface area (TPSA) is 32.8 Å². The first-order valence-corrected chi connectivity index (χ1v) is 13.6. The molecular weight excluding hydrogens is 396 g/mol. The third kappa shape index (κ3) is 3.08. The van der Waals surface area contributed by atoms with E-state index >= 15 is 0 Å². The Balaban J connectivity index is 1.51. The summed E-state index contributed by atoms with van der Waals surface area (Å²) < 4.78 is 7.33. The first kappa shape index (κ1) is 21.6. The molecule has 6 atom stereocenters. The summed E-state index contributed by atoms with van der Waals surface area (Å²) in [4.78, 5) is 18.1. The second-order valence-electron chi connectivity index (χ2n) is 12.1. The molecule has 0 radical (unpaired) electrons. The van der Waals surface area contributed by atoms with Crippen molar-refractivity contribution < 1.29 is 9.53 Å². The molecule has 6 rings (SSSR count). The van der Waals surface area contributed by atoms with Gasteiger partial charge in [0.25, 0.3) is 0 Å². The van der Waals surface area contributed by atoms with Crippen molar-refractivity contribution in [3.63, 3.8) is 0 Å². The number of nitrogens with zero attached hydrogens (tertiary/aromatic N) is 2. The van der Waals surface area contributed by atoms with Gasteiger partial charge in [0.05, 0.1) is 6.04 Å². The second-order valence-corrected chi connectivity index (χ2v) is 12.1. The summed E-state index contributed by atoms with van der Waals surface area (Å²) in [6, 6.07) is 0.479. The smallest absolute Gasteiger partial charge is 0.133 e. The molecule has 0 saturated carbocycles. The van der Waals surface area contributed by atoms with Gasteiger partial charge in [-0.25, -0.2) is 0 Å². The van der Waals surface area contributed by atoms with E-state index in [9.17, 15) is 4.79 Å². The number of hydrogen-bond acceptors (Lipinski definition) is 4. The molecule has 0 aromatic rings. The van der Waals surface area contributed by atoms with Crippen LogP contribution in [0.25, 0.3) is 0 Å². The van der Waals surface area contributed by atoms with Gasteiger partial charge in [-0.05, 0) is 82.7 Å². The molecule has 4 nitrogen and oxygen atoms in total. The molecule has 1 spiro atoms. The van der Waals surface area contributed by atoms with Crippen LogP contribution in [0.15, 0.2) is 23.8 Å². The molecule has 176 valence electrons. The van der Waals surface area contributed by atoms with Crippen LogP contribution in [0.5, 0.6) is 0 Å². The van der Waals surface area contributed by atoms with Gasteiger partial charge in [-0.1, -0.05) is 37.6 Å². The lowest BCUT2D eigenvalue weighted by Gasteiger charge is -2.60. The van der Waals surface area contributed by atoms with E-state index in [0.29, 0.717) is 30.1 Å². The summed E-state index contributed by atoms with van der Waals surface area (Å²) in [5.74, 6) is 1.71. The van der Waals surface area contributed by atoms with Crippen molar-refractivity contribution in [3.8, 4) is 0 Å². The van der Waals surface area contributed by atoms with Crippen molar-refractivity contribution in [1.29, 1.82) is 0 Å². The fourth-order valence-corrected chi connectivity index (χ4v) is 8.85. The number of ketones is 1. The summed E-state index contributed by atoms with van der Waals surface area (Å²) in [7, 11) is 0. The molecule has 0 N–H and O–H groups in total. The Morgan fingerprint density at radius 2 is 1.91 bits per heavy atom. The number of carbonyl (C=O) groups excluding carboxylic acids is 1. The van der Waals surface area contributed by atoms with Gasteiger partial charge in [0.2, 0.25) is 0 Å². The third-order valence-corrected chi connectivity index (χ3v) is 9.87. The SMILES string of the molecule is CC(C)C1=C[C@]23CC/C=C\CCCCN4CC[C@H]1[C@]1(C4)CC4(CCC(=O)CCCN4C12)O3.